The minimum Gasteiger partial charge on any atom is -0.456 e. The van der Waals surface area contributed by atoms with Crippen LogP contribution in [0.2, 0.25) is 0 Å². The summed E-state index contributed by atoms with van der Waals surface area (Å²) in [4.78, 5) is 9.40. The Morgan fingerprint density at radius 2 is 1.11 bits per heavy atom. The standard InChI is InChI=1S/C42H27N3O/c1-2-11-32-28(10-1)18-19-29-20-21-30(26-36(29)34-13-4-6-16-40(34)46-39-15-5-3-12-33(32)39)31-22-23-38-37(27-31)35-14-9-25-44-42(35)45(38)41-17-7-8-24-43-41/h1-27H/b19-18-. The molecule has 9 rings (SSSR count). The highest BCUT2D eigenvalue weighted by Crippen LogP contribution is 2.43. The Labute approximate surface area is 266 Å². The van der Waals surface area contributed by atoms with E-state index in [0.29, 0.717) is 0 Å². The maximum atomic E-state index is 6.74. The number of hydrogen-bond donors (Lipinski definition) is 0. The van der Waals surface area contributed by atoms with Gasteiger partial charge < -0.3 is 4.74 Å². The first-order valence-electron chi connectivity index (χ1n) is 15.4. The van der Waals surface area contributed by atoms with E-state index in [9.17, 15) is 0 Å². The Hall–Kier alpha value is -6.26. The summed E-state index contributed by atoms with van der Waals surface area (Å²) in [6, 6.07) is 48.5. The van der Waals surface area contributed by atoms with E-state index in [4.69, 9.17) is 9.72 Å². The van der Waals surface area contributed by atoms with Crippen LogP contribution in [0.4, 0.5) is 0 Å². The lowest BCUT2D eigenvalue weighted by molar-refractivity contribution is 0.486. The van der Waals surface area contributed by atoms with Gasteiger partial charge in [0, 0.05) is 34.3 Å². The maximum Gasteiger partial charge on any atom is 0.146 e. The fraction of sp³-hybridized carbons (Fsp3) is 0. The molecular formula is C42H27N3O. The van der Waals surface area contributed by atoms with E-state index in [1.54, 1.807) is 0 Å². The Kier molecular flexibility index (Phi) is 6.10. The molecule has 8 aromatic rings. The number of ether oxygens (including phenoxy) is 1. The number of pyridine rings is 2. The van der Waals surface area contributed by atoms with Crippen molar-refractivity contribution in [2.75, 3.05) is 0 Å². The molecule has 5 aromatic carbocycles. The van der Waals surface area contributed by atoms with Crippen molar-refractivity contribution in [3.05, 3.63) is 163 Å². The quantitative estimate of drug-likeness (QED) is 0.201. The molecule has 0 atom stereocenters. The maximum absolute atomic E-state index is 6.74. The highest BCUT2D eigenvalue weighted by atomic mass is 16.5. The summed E-state index contributed by atoms with van der Waals surface area (Å²) in [5.41, 5.74) is 10.9. The predicted octanol–water partition coefficient (Wildman–Crippen LogP) is 10.9. The highest BCUT2D eigenvalue weighted by molar-refractivity contribution is 6.09. The summed E-state index contributed by atoms with van der Waals surface area (Å²) in [6.07, 6.45) is 8.09. The van der Waals surface area contributed by atoms with Gasteiger partial charge in [-0.1, -0.05) is 97.1 Å². The topological polar surface area (TPSA) is 39.9 Å². The molecule has 0 fully saturated rings. The first-order valence-corrected chi connectivity index (χ1v) is 15.4. The molecule has 4 heteroatoms. The van der Waals surface area contributed by atoms with Crippen LogP contribution >= 0.6 is 0 Å². The summed E-state index contributed by atoms with van der Waals surface area (Å²) in [7, 11) is 0. The van der Waals surface area contributed by atoms with E-state index in [0.717, 1.165) is 83.8 Å². The van der Waals surface area contributed by atoms with Gasteiger partial charge in [-0.05, 0) is 88.0 Å². The van der Waals surface area contributed by atoms with Crippen LogP contribution < -0.4 is 4.74 Å². The average molecular weight is 590 g/mol. The van der Waals surface area contributed by atoms with Crippen LogP contribution in [-0.2, 0) is 0 Å². The number of rotatable bonds is 2. The third kappa shape index (κ3) is 4.31. The van der Waals surface area contributed by atoms with E-state index >= 15 is 0 Å². The molecule has 4 nitrogen and oxygen atoms in total. The number of aromatic nitrogens is 3. The van der Waals surface area contributed by atoms with Gasteiger partial charge >= 0.3 is 0 Å². The van der Waals surface area contributed by atoms with Gasteiger partial charge in [0.05, 0.1) is 5.52 Å². The lowest BCUT2D eigenvalue weighted by atomic mass is 9.92. The van der Waals surface area contributed by atoms with Crippen LogP contribution in [0.25, 0.3) is 73.3 Å². The van der Waals surface area contributed by atoms with Crippen molar-refractivity contribution in [3.63, 3.8) is 0 Å². The van der Waals surface area contributed by atoms with Gasteiger partial charge in [-0.25, -0.2) is 9.97 Å². The molecule has 0 saturated carbocycles. The number of nitrogens with zero attached hydrogens (tertiary/aromatic N) is 3. The van der Waals surface area contributed by atoms with Crippen molar-refractivity contribution in [1.82, 2.24) is 14.5 Å². The summed E-state index contributed by atoms with van der Waals surface area (Å²) in [5.74, 6) is 2.50. The Balaban J connectivity index is 1.24. The SMILES string of the molecule is C1=C\c2ccc(-c3ccc4c(c3)c3cccnc3n4-c3ccccn3)cc2-c2ccccc2Oc2ccccc2-c2ccccc2/1. The van der Waals surface area contributed by atoms with Gasteiger partial charge in [0.2, 0.25) is 0 Å². The number of para-hydroxylation sites is 2. The zero-order valence-corrected chi connectivity index (χ0v) is 24.8. The van der Waals surface area contributed by atoms with Crippen LogP contribution in [0.1, 0.15) is 11.1 Å². The Bertz CT molecular complexity index is 2460. The van der Waals surface area contributed by atoms with Crippen molar-refractivity contribution in [3.8, 4) is 50.7 Å². The molecule has 46 heavy (non-hydrogen) atoms. The molecule has 1 aliphatic rings. The summed E-state index contributed by atoms with van der Waals surface area (Å²) in [6.45, 7) is 0. The van der Waals surface area contributed by atoms with Gasteiger partial charge in [-0.2, -0.15) is 0 Å². The third-order valence-electron chi connectivity index (χ3n) is 8.77. The molecule has 0 N–H and O–H groups in total. The third-order valence-corrected chi connectivity index (χ3v) is 8.77. The van der Waals surface area contributed by atoms with E-state index in [-0.39, 0.29) is 0 Å². The molecule has 1 aliphatic heterocycles. The second-order valence-corrected chi connectivity index (χ2v) is 11.4. The lowest BCUT2D eigenvalue weighted by Crippen LogP contribution is -1.97. The summed E-state index contributed by atoms with van der Waals surface area (Å²) in [5, 5.41) is 2.24. The second-order valence-electron chi connectivity index (χ2n) is 11.4. The number of hydrogen-bond acceptors (Lipinski definition) is 3. The van der Waals surface area contributed by atoms with E-state index in [1.165, 1.54) is 0 Å². The van der Waals surface area contributed by atoms with Crippen molar-refractivity contribution in [2.24, 2.45) is 0 Å². The molecular weight excluding hydrogens is 562 g/mol. The molecule has 4 heterocycles. The van der Waals surface area contributed by atoms with Gasteiger partial charge in [0.1, 0.15) is 23.0 Å². The predicted molar refractivity (Wildman–Crippen MR) is 188 cm³/mol. The fourth-order valence-electron chi connectivity index (χ4n) is 6.60. The molecule has 0 radical (unpaired) electrons. The smallest absolute Gasteiger partial charge is 0.146 e. The van der Waals surface area contributed by atoms with Crippen molar-refractivity contribution < 1.29 is 4.74 Å². The van der Waals surface area contributed by atoms with E-state index in [1.807, 2.05) is 54.9 Å². The number of benzene rings is 5. The van der Waals surface area contributed by atoms with Gasteiger partial charge in [0.15, 0.2) is 0 Å². The highest BCUT2D eigenvalue weighted by Gasteiger charge is 2.18. The Morgan fingerprint density at radius 1 is 0.457 bits per heavy atom. The van der Waals surface area contributed by atoms with Gasteiger partial charge in [-0.3, -0.25) is 4.57 Å². The minimum absolute atomic E-state index is 0.820. The van der Waals surface area contributed by atoms with Crippen LogP contribution in [0.3, 0.4) is 0 Å². The second kappa shape index (κ2) is 10.7. The molecule has 0 bridgehead atoms. The van der Waals surface area contributed by atoms with Crippen LogP contribution in [0, 0.1) is 0 Å². The van der Waals surface area contributed by atoms with Crippen molar-refractivity contribution in [2.45, 2.75) is 0 Å². The molecule has 3 aromatic heterocycles. The summed E-state index contributed by atoms with van der Waals surface area (Å²) >= 11 is 0. The lowest BCUT2D eigenvalue weighted by Gasteiger charge is -2.16. The molecule has 0 aliphatic carbocycles. The number of fused-ring (bicyclic) bond motifs is 9. The monoisotopic (exact) mass is 589 g/mol. The molecule has 0 unspecified atom stereocenters. The van der Waals surface area contributed by atoms with E-state index < -0.39 is 0 Å². The zero-order chi connectivity index (χ0) is 30.5. The molecule has 216 valence electrons. The molecule has 0 amide bonds. The first-order chi connectivity index (χ1) is 22.8. The Morgan fingerprint density at radius 3 is 1.91 bits per heavy atom. The van der Waals surface area contributed by atoms with Gasteiger partial charge in [0.25, 0.3) is 0 Å². The fourth-order valence-corrected chi connectivity index (χ4v) is 6.60. The molecule has 0 saturated heterocycles. The van der Waals surface area contributed by atoms with Crippen LogP contribution in [0.15, 0.2) is 152 Å². The minimum atomic E-state index is 0.820. The average Bonchev–Trinajstić information content (AvgIpc) is 3.44. The summed E-state index contributed by atoms with van der Waals surface area (Å²) < 4.78 is 8.88. The zero-order valence-electron chi connectivity index (χ0n) is 24.8. The largest absolute Gasteiger partial charge is 0.456 e. The van der Waals surface area contributed by atoms with E-state index in [2.05, 4.69) is 119 Å². The first kappa shape index (κ1) is 26.2. The van der Waals surface area contributed by atoms with Crippen LogP contribution in [-0.4, -0.2) is 14.5 Å². The normalized spacial score (nSPS) is 12.7. The van der Waals surface area contributed by atoms with Crippen LogP contribution in [0.5, 0.6) is 11.5 Å². The van der Waals surface area contributed by atoms with Crippen molar-refractivity contribution in [1.29, 1.82) is 0 Å². The molecule has 0 spiro atoms. The van der Waals surface area contributed by atoms with Gasteiger partial charge in [-0.15, -0.1) is 0 Å². The van der Waals surface area contributed by atoms with Crippen molar-refractivity contribution >= 4 is 34.1 Å².